The molecule has 0 fully saturated rings. The highest BCUT2D eigenvalue weighted by molar-refractivity contribution is 6.04. The normalized spacial score (nSPS) is 10.4. The van der Waals surface area contributed by atoms with Crippen molar-refractivity contribution < 1.29 is 14.4 Å². The van der Waals surface area contributed by atoms with E-state index >= 15 is 0 Å². The van der Waals surface area contributed by atoms with Crippen LogP contribution in [0.25, 0.3) is 5.78 Å². The van der Waals surface area contributed by atoms with E-state index in [1.165, 1.54) is 23.2 Å². The molecule has 0 atom stereocenters. The van der Waals surface area contributed by atoms with E-state index < -0.39 is 11.9 Å². The molecule has 0 aliphatic heterocycles. The summed E-state index contributed by atoms with van der Waals surface area (Å²) in [7, 11) is 0. The molecule has 138 valence electrons. The highest BCUT2D eigenvalue weighted by Gasteiger charge is 2.10. The Labute approximate surface area is 153 Å². The maximum absolute atomic E-state index is 12.4. The van der Waals surface area contributed by atoms with E-state index in [1.807, 2.05) is 0 Å². The lowest BCUT2D eigenvalue weighted by molar-refractivity contribution is -0.117. The zero-order chi connectivity index (χ0) is 19.2. The summed E-state index contributed by atoms with van der Waals surface area (Å²) < 4.78 is 1.39. The van der Waals surface area contributed by atoms with E-state index in [4.69, 9.17) is 5.73 Å². The average Bonchev–Trinajstić information content (AvgIpc) is 3.09. The first kappa shape index (κ1) is 17.8. The number of amides is 4. The molecule has 0 spiro atoms. The van der Waals surface area contributed by atoms with Crippen LogP contribution < -0.4 is 21.7 Å². The predicted octanol–water partition coefficient (Wildman–Crippen LogP) is 0.373. The minimum absolute atomic E-state index is 0.0493. The fraction of sp³-hybridized carbons (Fsp3) is 0.125. The van der Waals surface area contributed by atoms with Crippen molar-refractivity contribution in [2.45, 2.75) is 6.42 Å². The molecule has 27 heavy (non-hydrogen) atoms. The summed E-state index contributed by atoms with van der Waals surface area (Å²) in [6.45, 7) is 0.134. The van der Waals surface area contributed by atoms with E-state index in [1.54, 1.807) is 24.3 Å². The molecule has 3 aromatic rings. The van der Waals surface area contributed by atoms with E-state index in [-0.39, 0.29) is 18.9 Å². The van der Waals surface area contributed by atoms with E-state index in [9.17, 15) is 14.4 Å². The average molecular weight is 368 g/mol. The number of benzene rings is 1. The largest absolute Gasteiger partial charge is 0.370 e. The molecule has 0 radical (unpaired) electrons. The number of carbonyl (C=O) groups excluding carboxylic acids is 3. The van der Waals surface area contributed by atoms with Gasteiger partial charge in [-0.15, -0.1) is 0 Å². The quantitative estimate of drug-likeness (QED) is 0.492. The van der Waals surface area contributed by atoms with Gasteiger partial charge in [0.25, 0.3) is 11.7 Å². The van der Waals surface area contributed by atoms with Crippen molar-refractivity contribution in [2.24, 2.45) is 5.73 Å². The van der Waals surface area contributed by atoms with Gasteiger partial charge in [0.05, 0.1) is 5.56 Å². The zero-order valence-corrected chi connectivity index (χ0v) is 14.0. The van der Waals surface area contributed by atoms with Gasteiger partial charge in [0.2, 0.25) is 5.91 Å². The SMILES string of the molecule is NC(=O)CCNC(=O)Nc1cccc(NC(=O)c2cnc3ncnn3c2)c1. The van der Waals surface area contributed by atoms with Crippen molar-refractivity contribution in [1.82, 2.24) is 24.9 Å². The molecule has 11 nitrogen and oxygen atoms in total. The van der Waals surface area contributed by atoms with Gasteiger partial charge in [-0.3, -0.25) is 9.59 Å². The van der Waals surface area contributed by atoms with E-state index in [2.05, 4.69) is 31.0 Å². The Morgan fingerprint density at radius 1 is 1.11 bits per heavy atom. The Kier molecular flexibility index (Phi) is 5.21. The Morgan fingerprint density at radius 3 is 2.67 bits per heavy atom. The number of anilines is 2. The van der Waals surface area contributed by atoms with Crippen molar-refractivity contribution in [3.05, 3.63) is 48.5 Å². The highest BCUT2D eigenvalue weighted by atomic mass is 16.2. The van der Waals surface area contributed by atoms with Crippen LogP contribution in [0.4, 0.5) is 16.2 Å². The van der Waals surface area contributed by atoms with Gasteiger partial charge >= 0.3 is 6.03 Å². The third-order valence-electron chi connectivity index (χ3n) is 3.43. The minimum atomic E-state index is -0.501. The molecule has 4 amide bonds. The highest BCUT2D eigenvalue weighted by Crippen LogP contribution is 2.16. The van der Waals surface area contributed by atoms with Crippen LogP contribution in [0.15, 0.2) is 43.0 Å². The first-order chi connectivity index (χ1) is 13.0. The smallest absolute Gasteiger partial charge is 0.319 e. The lowest BCUT2D eigenvalue weighted by atomic mass is 10.2. The first-order valence-electron chi connectivity index (χ1n) is 7.91. The molecular weight excluding hydrogens is 352 g/mol. The monoisotopic (exact) mass is 368 g/mol. The van der Waals surface area contributed by atoms with E-state index in [0.29, 0.717) is 22.7 Å². The van der Waals surface area contributed by atoms with Crippen molar-refractivity contribution in [2.75, 3.05) is 17.2 Å². The van der Waals surface area contributed by atoms with Crippen molar-refractivity contribution >= 4 is 35.0 Å². The number of nitrogens with two attached hydrogens (primary N) is 1. The number of carbonyl (C=O) groups is 3. The Bertz CT molecular complexity index is 1000. The molecule has 1 aromatic carbocycles. The van der Waals surface area contributed by atoms with Crippen LogP contribution in [0.5, 0.6) is 0 Å². The van der Waals surface area contributed by atoms with Gasteiger partial charge in [0.15, 0.2) is 0 Å². The molecule has 2 aromatic heterocycles. The van der Waals surface area contributed by atoms with Crippen LogP contribution in [0.2, 0.25) is 0 Å². The molecule has 3 rings (SSSR count). The third kappa shape index (κ3) is 4.75. The first-order valence-corrected chi connectivity index (χ1v) is 7.91. The van der Waals surface area contributed by atoms with E-state index in [0.717, 1.165) is 0 Å². The van der Waals surface area contributed by atoms with Crippen LogP contribution in [-0.4, -0.2) is 44.0 Å². The van der Waals surface area contributed by atoms with Crippen LogP contribution in [-0.2, 0) is 4.79 Å². The van der Waals surface area contributed by atoms with Gasteiger partial charge < -0.3 is 21.7 Å². The number of primary amides is 1. The van der Waals surface area contributed by atoms with Crippen molar-refractivity contribution in [1.29, 1.82) is 0 Å². The topological polar surface area (TPSA) is 156 Å². The number of fused-ring (bicyclic) bond motifs is 1. The number of urea groups is 1. The van der Waals surface area contributed by atoms with Gasteiger partial charge in [-0.1, -0.05) is 6.07 Å². The predicted molar refractivity (Wildman–Crippen MR) is 96.0 cm³/mol. The van der Waals surface area contributed by atoms with Gasteiger partial charge in [-0.25, -0.2) is 14.3 Å². The van der Waals surface area contributed by atoms with Crippen molar-refractivity contribution in [3.8, 4) is 0 Å². The lowest BCUT2D eigenvalue weighted by Crippen LogP contribution is -2.31. The number of hydrogen-bond acceptors (Lipinski definition) is 6. The van der Waals surface area contributed by atoms with Gasteiger partial charge in [-0.05, 0) is 18.2 Å². The van der Waals surface area contributed by atoms with Gasteiger partial charge in [0, 0.05) is 36.7 Å². The number of hydrogen-bond donors (Lipinski definition) is 4. The van der Waals surface area contributed by atoms with Gasteiger partial charge in [-0.2, -0.15) is 10.1 Å². The standard InChI is InChI=1S/C16H16N8O3/c17-13(25)4-5-18-16(27)23-12-3-1-2-11(6-12)22-14(26)10-7-19-15-20-9-21-24(15)8-10/h1-3,6-9H,4-5H2,(H2,17,25)(H,22,26)(H2,18,23,27). The molecule has 0 aliphatic rings. The minimum Gasteiger partial charge on any atom is -0.370 e. The summed E-state index contributed by atoms with van der Waals surface area (Å²) >= 11 is 0. The summed E-state index contributed by atoms with van der Waals surface area (Å²) in [4.78, 5) is 42.7. The number of nitrogens with one attached hydrogen (secondary N) is 3. The van der Waals surface area contributed by atoms with Crippen molar-refractivity contribution in [3.63, 3.8) is 0 Å². The molecule has 0 aliphatic carbocycles. The summed E-state index contributed by atoms with van der Waals surface area (Å²) in [5.41, 5.74) is 6.25. The van der Waals surface area contributed by atoms with Crippen LogP contribution >= 0.6 is 0 Å². The van der Waals surface area contributed by atoms with Crippen LogP contribution in [0, 0.1) is 0 Å². The second-order valence-electron chi connectivity index (χ2n) is 5.48. The molecule has 2 heterocycles. The molecule has 0 unspecified atom stereocenters. The Morgan fingerprint density at radius 2 is 1.89 bits per heavy atom. The molecule has 0 saturated carbocycles. The zero-order valence-electron chi connectivity index (χ0n) is 14.0. The Balaban J connectivity index is 1.62. The molecular formula is C16H16N8O3. The molecule has 0 saturated heterocycles. The van der Waals surface area contributed by atoms with Crippen LogP contribution in [0.1, 0.15) is 16.8 Å². The van der Waals surface area contributed by atoms with Crippen LogP contribution in [0.3, 0.4) is 0 Å². The second-order valence-corrected chi connectivity index (χ2v) is 5.48. The fourth-order valence-corrected chi connectivity index (χ4v) is 2.19. The maximum Gasteiger partial charge on any atom is 0.319 e. The Hall–Kier alpha value is -4.02. The third-order valence-corrected chi connectivity index (χ3v) is 3.43. The summed E-state index contributed by atoms with van der Waals surface area (Å²) in [5, 5.41) is 11.7. The fourth-order valence-electron chi connectivity index (χ4n) is 2.19. The number of nitrogens with zero attached hydrogens (tertiary/aromatic N) is 4. The lowest BCUT2D eigenvalue weighted by Gasteiger charge is -2.09. The summed E-state index contributed by atoms with van der Waals surface area (Å²) in [6, 6.07) is 6.11. The molecule has 11 heteroatoms. The second kappa shape index (κ2) is 7.91. The maximum atomic E-state index is 12.4. The number of aromatic nitrogens is 4. The van der Waals surface area contributed by atoms with Gasteiger partial charge in [0.1, 0.15) is 6.33 Å². The summed E-state index contributed by atoms with van der Waals surface area (Å²) in [5.74, 6) is -0.498. The summed E-state index contributed by atoms with van der Waals surface area (Å²) in [6.07, 6.45) is 4.30. The number of rotatable bonds is 6. The molecule has 5 N–H and O–H groups in total. The molecule has 0 bridgehead atoms.